The average Bonchev–Trinajstić information content (AvgIpc) is 2.55. The van der Waals surface area contributed by atoms with E-state index in [1.807, 2.05) is 30.3 Å². The first-order chi connectivity index (χ1) is 11.1. The van der Waals surface area contributed by atoms with E-state index < -0.39 is 11.9 Å². The third-order valence-electron chi connectivity index (χ3n) is 2.94. The van der Waals surface area contributed by atoms with Gasteiger partial charge in [0.05, 0.1) is 0 Å². The predicted molar refractivity (Wildman–Crippen MR) is 84.5 cm³/mol. The highest BCUT2D eigenvalue weighted by Crippen LogP contribution is 2.38. The number of carbonyl (C=O) groups is 2. The minimum Gasteiger partial charge on any atom is -0.485 e. The number of para-hydroxylation sites is 1. The molecule has 0 spiro atoms. The van der Waals surface area contributed by atoms with Crippen molar-refractivity contribution in [3.8, 4) is 17.2 Å². The van der Waals surface area contributed by atoms with Gasteiger partial charge in [-0.25, -0.2) is 0 Å². The van der Waals surface area contributed by atoms with Crippen LogP contribution in [0.15, 0.2) is 48.5 Å². The summed E-state index contributed by atoms with van der Waals surface area (Å²) in [5.41, 5.74) is 0.971. The van der Waals surface area contributed by atoms with Gasteiger partial charge in [0, 0.05) is 13.3 Å². The van der Waals surface area contributed by atoms with Crippen LogP contribution < -0.4 is 14.2 Å². The fourth-order valence-electron chi connectivity index (χ4n) is 1.87. The highest BCUT2D eigenvalue weighted by atomic mass is 16.6. The zero-order valence-electron chi connectivity index (χ0n) is 13.1. The van der Waals surface area contributed by atoms with Gasteiger partial charge in [-0.05, 0) is 17.7 Å². The Kier molecular flexibility index (Phi) is 5.74. The molecule has 0 heterocycles. The van der Waals surface area contributed by atoms with Crippen molar-refractivity contribution in [2.75, 3.05) is 0 Å². The molecule has 0 bridgehead atoms. The maximum atomic E-state index is 11.6. The zero-order chi connectivity index (χ0) is 16.7. The first-order valence-electron chi connectivity index (χ1n) is 7.29. The number of benzene rings is 2. The molecule has 5 nitrogen and oxygen atoms in total. The topological polar surface area (TPSA) is 61.8 Å². The Morgan fingerprint density at radius 1 is 0.913 bits per heavy atom. The Labute approximate surface area is 134 Å². The summed E-state index contributed by atoms with van der Waals surface area (Å²) in [6.45, 7) is 3.27. The van der Waals surface area contributed by atoms with Crippen LogP contribution in [0.5, 0.6) is 17.2 Å². The van der Waals surface area contributed by atoms with Gasteiger partial charge in [-0.1, -0.05) is 43.3 Å². The first-order valence-corrected chi connectivity index (χ1v) is 7.29. The van der Waals surface area contributed by atoms with Crippen LogP contribution in [-0.2, 0) is 16.2 Å². The van der Waals surface area contributed by atoms with Gasteiger partial charge in [0.2, 0.25) is 5.75 Å². The van der Waals surface area contributed by atoms with E-state index >= 15 is 0 Å². The van der Waals surface area contributed by atoms with Crippen LogP contribution in [0.1, 0.15) is 25.8 Å². The number of rotatable bonds is 6. The molecule has 0 saturated carbocycles. The van der Waals surface area contributed by atoms with E-state index in [2.05, 4.69) is 0 Å². The number of hydrogen-bond acceptors (Lipinski definition) is 5. The molecule has 0 unspecified atom stereocenters. The molecule has 23 heavy (non-hydrogen) atoms. The SMILES string of the molecule is CCC(=O)Oc1c(OCc2ccccc2)cccc1OC(C)=O. The molecular formula is C18H18O5. The predicted octanol–water partition coefficient (Wildman–Crippen LogP) is 3.51. The van der Waals surface area contributed by atoms with Gasteiger partial charge >= 0.3 is 11.9 Å². The molecule has 2 rings (SSSR count). The van der Waals surface area contributed by atoms with E-state index in [-0.39, 0.29) is 17.9 Å². The lowest BCUT2D eigenvalue weighted by Gasteiger charge is -2.14. The number of hydrogen-bond donors (Lipinski definition) is 0. The van der Waals surface area contributed by atoms with Crippen molar-refractivity contribution in [2.24, 2.45) is 0 Å². The van der Waals surface area contributed by atoms with Crippen LogP contribution in [0, 0.1) is 0 Å². The monoisotopic (exact) mass is 314 g/mol. The molecule has 0 atom stereocenters. The van der Waals surface area contributed by atoms with Crippen LogP contribution in [0.2, 0.25) is 0 Å². The Morgan fingerprint density at radius 3 is 2.26 bits per heavy atom. The quantitative estimate of drug-likeness (QED) is 0.603. The second-order valence-electron chi connectivity index (χ2n) is 4.78. The van der Waals surface area contributed by atoms with Crippen LogP contribution >= 0.6 is 0 Å². The van der Waals surface area contributed by atoms with Gasteiger partial charge in [-0.2, -0.15) is 0 Å². The van der Waals surface area contributed by atoms with Crippen molar-refractivity contribution in [2.45, 2.75) is 26.9 Å². The first kappa shape index (κ1) is 16.5. The summed E-state index contributed by atoms with van der Waals surface area (Å²) >= 11 is 0. The molecule has 0 aliphatic rings. The lowest BCUT2D eigenvalue weighted by atomic mass is 10.2. The Morgan fingerprint density at radius 2 is 1.61 bits per heavy atom. The van der Waals surface area contributed by atoms with Crippen LogP contribution in [0.25, 0.3) is 0 Å². The normalized spacial score (nSPS) is 10.0. The van der Waals surface area contributed by atoms with Crippen molar-refractivity contribution in [3.63, 3.8) is 0 Å². The van der Waals surface area contributed by atoms with Gasteiger partial charge in [0.25, 0.3) is 0 Å². The number of esters is 2. The Bertz CT molecular complexity index is 679. The summed E-state index contributed by atoms with van der Waals surface area (Å²) in [7, 11) is 0. The molecule has 0 amide bonds. The van der Waals surface area contributed by atoms with Crippen molar-refractivity contribution >= 4 is 11.9 Å². The van der Waals surface area contributed by atoms with Gasteiger partial charge < -0.3 is 14.2 Å². The number of carbonyl (C=O) groups excluding carboxylic acids is 2. The minimum absolute atomic E-state index is 0.116. The van der Waals surface area contributed by atoms with Crippen LogP contribution in [0.3, 0.4) is 0 Å². The van der Waals surface area contributed by atoms with E-state index in [1.165, 1.54) is 6.92 Å². The van der Waals surface area contributed by atoms with Crippen molar-refractivity contribution in [1.29, 1.82) is 0 Å². The molecule has 0 saturated heterocycles. The third kappa shape index (κ3) is 4.85. The molecule has 120 valence electrons. The molecule has 0 aliphatic heterocycles. The summed E-state index contributed by atoms with van der Waals surface area (Å²) < 4.78 is 16.1. The second-order valence-corrected chi connectivity index (χ2v) is 4.78. The van der Waals surface area contributed by atoms with Crippen LogP contribution in [-0.4, -0.2) is 11.9 Å². The van der Waals surface area contributed by atoms with E-state index in [9.17, 15) is 9.59 Å². The fourth-order valence-corrected chi connectivity index (χ4v) is 1.87. The lowest BCUT2D eigenvalue weighted by molar-refractivity contribution is -0.136. The highest BCUT2D eigenvalue weighted by molar-refractivity contribution is 5.76. The van der Waals surface area contributed by atoms with Crippen molar-refractivity contribution in [3.05, 3.63) is 54.1 Å². The molecular weight excluding hydrogens is 296 g/mol. The molecule has 0 N–H and O–H groups in total. The maximum absolute atomic E-state index is 11.6. The van der Waals surface area contributed by atoms with Gasteiger partial charge in [0.15, 0.2) is 11.5 Å². The average molecular weight is 314 g/mol. The summed E-state index contributed by atoms with van der Waals surface area (Å²) in [6.07, 6.45) is 0.201. The lowest BCUT2D eigenvalue weighted by Crippen LogP contribution is -2.10. The molecule has 2 aromatic carbocycles. The van der Waals surface area contributed by atoms with E-state index in [0.29, 0.717) is 12.4 Å². The minimum atomic E-state index is -0.501. The highest BCUT2D eigenvalue weighted by Gasteiger charge is 2.17. The molecule has 0 aromatic heterocycles. The molecule has 5 heteroatoms. The van der Waals surface area contributed by atoms with E-state index in [4.69, 9.17) is 14.2 Å². The van der Waals surface area contributed by atoms with Gasteiger partial charge in [-0.3, -0.25) is 9.59 Å². The van der Waals surface area contributed by atoms with Crippen molar-refractivity contribution in [1.82, 2.24) is 0 Å². The molecule has 0 fully saturated rings. The summed E-state index contributed by atoms with van der Waals surface area (Å²) in [5.74, 6) is -0.321. The fraction of sp³-hybridized carbons (Fsp3) is 0.222. The summed E-state index contributed by atoms with van der Waals surface area (Å²) in [6, 6.07) is 14.5. The van der Waals surface area contributed by atoms with E-state index in [1.54, 1.807) is 25.1 Å². The molecule has 0 radical (unpaired) electrons. The molecule has 2 aromatic rings. The summed E-state index contributed by atoms with van der Waals surface area (Å²) in [5, 5.41) is 0. The van der Waals surface area contributed by atoms with Crippen LogP contribution in [0.4, 0.5) is 0 Å². The maximum Gasteiger partial charge on any atom is 0.311 e. The third-order valence-corrected chi connectivity index (χ3v) is 2.94. The standard InChI is InChI=1S/C18H18O5/c1-3-17(20)23-18-15(10-7-11-16(18)22-13(2)19)21-12-14-8-5-4-6-9-14/h4-11H,3,12H2,1-2H3. The summed E-state index contributed by atoms with van der Waals surface area (Å²) in [4.78, 5) is 22.8. The zero-order valence-corrected chi connectivity index (χ0v) is 13.1. The van der Waals surface area contributed by atoms with Gasteiger partial charge in [-0.15, -0.1) is 0 Å². The van der Waals surface area contributed by atoms with Gasteiger partial charge in [0.1, 0.15) is 6.61 Å². The van der Waals surface area contributed by atoms with E-state index in [0.717, 1.165) is 5.56 Å². The number of ether oxygens (including phenoxy) is 3. The largest absolute Gasteiger partial charge is 0.485 e. The second kappa shape index (κ2) is 7.98. The Hall–Kier alpha value is -2.82. The Balaban J connectivity index is 2.25. The van der Waals surface area contributed by atoms with Crippen molar-refractivity contribution < 1.29 is 23.8 Å². The smallest absolute Gasteiger partial charge is 0.311 e. The molecule has 0 aliphatic carbocycles.